The summed E-state index contributed by atoms with van der Waals surface area (Å²) in [5.41, 5.74) is 13.2. The molecule has 4 heteroatoms. The third kappa shape index (κ3) is 6.00. The molecule has 2 unspecified atom stereocenters. The highest BCUT2D eigenvalue weighted by Crippen LogP contribution is 2.57. The summed E-state index contributed by atoms with van der Waals surface area (Å²) in [6.07, 6.45) is 12.5. The number of hydrogen-bond acceptors (Lipinski definition) is 4. The van der Waals surface area contributed by atoms with Crippen molar-refractivity contribution in [3.63, 3.8) is 0 Å². The monoisotopic (exact) mass is 650 g/mol. The molecule has 1 aliphatic carbocycles. The normalized spacial score (nSPS) is 16.0. The van der Waals surface area contributed by atoms with Crippen LogP contribution in [-0.2, 0) is 5.41 Å². The molecule has 4 aromatic rings. The summed E-state index contributed by atoms with van der Waals surface area (Å²) in [5, 5.41) is 4.26. The van der Waals surface area contributed by atoms with E-state index in [9.17, 15) is 0 Å². The summed E-state index contributed by atoms with van der Waals surface area (Å²) >= 11 is 0. The van der Waals surface area contributed by atoms with Crippen LogP contribution in [-0.4, -0.2) is 13.3 Å². The van der Waals surface area contributed by atoms with Crippen LogP contribution in [0.3, 0.4) is 0 Å². The molecule has 49 heavy (non-hydrogen) atoms. The van der Waals surface area contributed by atoms with Gasteiger partial charge in [-0.25, -0.2) is 0 Å². The van der Waals surface area contributed by atoms with Gasteiger partial charge in [-0.2, -0.15) is 0 Å². The van der Waals surface area contributed by atoms with Gasteiger partial charge in [0.1, 0.15) is 13.3 Å². The zero-order valence-corrected chi connectivity index (χ0v) is 30.7. The number of hydrogen-bond donors (Lipinski definition) is 0. The molecule has 0 bridgehead atoms. The second kappa shape index (κ2) is 14.1. The van der Waals surface area contributed by atoms with E-state index in [0.717, 1.165) is 21.4 Å². The van der Waals surface area contributed by atoms with Gasteiger partial charge < -0.3 is 0 Å². The summed E-state index contributed by atoms with van der Waals surface area (Å²) in [7, 11) is 0. The van der Waals surface area contributed by atoms with Gasteiger partial charge in [0.05, 0.1) is 21.4 Å². The lowest BCUT2D eigenvalue weighted by Gasteiger charge is -2.39. The second-order valence-corrected chi connectivity index (χ2v) is 15.0. The molecule has 254 valence electrons. The third-order valence-electron chi connectivity index (χ3n) is 12.0. The van der Waals surface area contributed by atoms with Crippen molar-refractivity contribution in [2.75, 3.05) is 13.3 Å². The lowest BCUT2D eigenvalue weighted by Crippen LogP contribution is -2.32. The Morgan fingerprint density at radius 1 is 0.531 bits per heavy atom. The van der Waals surface area contributed by atoms with E-state index in [1.165, 1.54) is 120 Å². The predicted molar refractivity (Wildman–Crippen MR) is 203 cm³/mol. The minimum absolute atomic E-state index is 0.0652. The van der Waals surface area contributed by atoms with Crippen molar-refractivity contribution in [2.45, 2.75) is 111 Å². The highest BCUT2D eigenvalue weighted by molar-refractivity contribution is 5.86. The van der Waals surface area contributed by atoms with Crippen molar-refractivity contribution >= 4 is 0 Å². The summed E-state index contributed by atoms with van der Waals surface area (Å²) in [4.78, 5) is 19.3. The average Bonchev–Trinajstić information content (AvgIpc) is 3.88. The van der Waals surface area contributed by atoms with Crippen LogP contribution in [0.2, 0.25) is 0 Å². The fraction of sp³-hybridized carbons (Fsp3) is 0.467. The predicted octanol–water partition coefficient (Wildman–Crippen LogP) is 9.54. The van der Waals surface area contributed by atoms with E-state index in [4.69, 9.17) is 20.0 Å². The summed E-state index contributed by atoms with van der Waals surface area (Å²) in [5.74, 6) is 1.34. The largest absolute Gasteiger partial charge is 0.259 e. The molecule has 0 saturated heterocycles. The van der Waals surface area contributed by atoms with Gasteiger partial charge in [-0.15, -0.1) is 0 Å². The Morgan fingerprint density at radius 3 is 1.35 bits per heavy atom. The molecular formula is C45H54N4. The summed E-state index contributed by atoms with van der Waals surface area (Å²) in [6, 6.07) is 23.7. The van der Waals surface area contributed by atoms with Gasteiger partial charge >= 0.3 is 0 Å². The van der Waals surface area contributed by atoms with Crippen molar-refractivity contribution in [1.82, 2.24) is 0 Å². The van der Waals surface area contributed by atoms with Gasteiger partial charge in [0.2, 0.25) is 0 Å². The fourth-order valence-electron chi connectivity index (χ4n) is 9.13. The molecular weight excluding hydrogens is 597 g/mol. The van der Waals surface area contributed by atoms with E-state index < -0.39 is 0 Å². The van der Waals surface area contributed by atoms with Gasteiger partial charge in [-0.05, 0) is 95.2 Å². The SMILES string of the molecule is CCCCC(CC)CC1(CC(CC)CCCC)c2cc(-c3ccc(C)c4c3=NCN=4)ccc2-c2ccc(-c3ccc(C)c4c3=NCN=4)cc21. The van der Waals surface area contributed by atoms with Crippen LogP contribution in [0.5, 0.6) is 0 Å². The first-order valence-electron chi connectivity index (χ1n) is 19.2. The van der Waals surface area contributed by atoms with E-state index in [1.807, 2.05) is 0 Å². The zero-order chi connectivity index (χ0) is 34.1. The van der Waals surface area contributed by atoms with Crippen molar-refractivity contribution < 1.29 is 0 Å². The zero-order valence-electron chi connectivity index (χ0n) is 30.7. The van der Waals surface area contributed by atoms with Gasteiger partial charge in [-0.3, -0.25) is 20.0 Å². The maximum absolute atomic E-state index is 4.89. The fourth-order valence-corrected chi connectivity index (χ4v) is 9.13. The Hall–Kier alpha value is -3.92. The van der Waals surface area contributed by atoms with Crippen molar-refractivity contribution in [3.8, 4) is 33.4 Å². The van der Waals surface area contributed by atoms with Crippen LogP contribution in [0, 0.1) is 25.7 Å². The highest BCUT2D eigenvalue weighted by Gasteiger charge is 2.45. The first-order valence-corrected chi connectivity index (χ1v) is 19.2. The maximum Gasteiger partial charge on any atom is 0.130 e. The Balaban J connectivity index is 1.47. The molecule has 7 rings (SSSR count). The van der Waals surface area contributed by atoms with Crippen molar-refractivity contribution in [3.05, 3.63) is 104 Å². The van der Waals surface area contributed by atoms with Crippen molar-refractivity contribution in [1.29, 1.82) is 0 Å². The molecule has 4 nitrogen and oxygen atoms in total. The van der Waals surface area contributed by atoms with Crippen molar-refractivity contribution in [2.24, 2.45) is 31.8 Å². The molecule has 0 N–H and O–H groups in total. The highest BCUT2D eigenvalue weighted by atomic mass is 15.0. The van der Waals surface area contributed by atoms with E-state index in [0.29, 0.717) is 25.2 Å². The van der Waals surface area contributed by atoms with Crippen LogP contribution < -0.4 is 21.4 Å². The van der Waals surface area contributed by atoms with Gasteiger partial charge in [0.15, 0.2) is 0 Å². The molecule has 2 atom stereocenters. The number of nitrogens with zero attached hydrogens (tertiary/aromatic N) is 4. The maximum atomic E-state index is 4.89. The first-order chi connectivity index (χ1) is 23.9. The lowest BCUT2D eigenvalue weighted by atomic mass is 9.64. The number of unbranched alkanes of at least 4 members (excludes halogenated alkanes) is 2. The van der Waals surface area contributed by atoms with E-state index in [-0.39, 0.29) is 5.41 Å². The number of fused-ring (bicyclic) bond motifs is 5. The Morgan fingerprint density at radius 2 is 0.939 bits per heavy atom. The smallest absolute Gasteiger partial charge is 0.130 e. The van der Waals surface area contributed by atoms with Crippen LogP contribution in [0.4, 0.5) is 0 Å². The molecule has 0 fully saturated rings. The standard InChI is InChI=1S/C45H54N4/c1-7-11-13-31(9-3)25-45(26-32(10-4)14-12-8-2)39-23-33(35-19-15-29(5)41-43(35)48-27-46-41)17-21-37(39)38-22-18-34(24-40(38)45)36-20-16-30(6)42-44(36)49-28-47-42/h15-24,31-32H,7-14,25-28H2,1-6H3. The topological polar surface area (TPSA) is 49.4 Å². The number of benzene rings is 4. The second-order valence-electron chi connectivity index (χ2n) is 15.0. The van der Waals surface area contributed by atoms with Crippen LogP contribution >= 0.6 is 0 Å². The number of rotatable bonds is 14. The number of aryl methyl sites for hydroxylation is 2. The van der Waals surface area contributed by atoms with E-state index >= 15 is 0 Å². The molecule has 0 radical (unpaired) electrons. The lowest BCUT2D eigenvalue weighted by molar-refractivity contribution is 0.266. The van der Waals surface area contributed by atoms with Gasteiger partial charge in [0.25, 0.3) is 0 Å². The molecule has 3 aliphatic rings. The molecule has 2 aliphatic heterocycles. The van der Waals surface area contributed by atoms with Gasteiger partial charge in [0, 0.05) is 16.5 Å². The Bertz CT molecular complexity index is 1970. The molecule has 4 aromatic carbocycles. The summed E-state index contributed by atoms with van der Waals surface area (Å²) < 4.78 is 0. The molecule has 0 aromatic heterocycles. The van der Waals surface area contributed by atoms with E-state index in [2.05, 4.69) is 102 Å². The Kier molecular flexibility index (Phi) is 9.68. The minimum atomic E-state index is -0.0652. The molecule has 0 spiro atoms. The molecule has 0 saturated carbocycles. The first kappa shape index (κ1) is 33.6. The Labute approximate surface area is 293 Å². The molecule has 0 amide bonds. The quantitative estimate of drug-likeness (QED) is 0.131. The van der Waals surface area contributed by atoms with Crippen LogP contribution in [0.15, 0.2) is 80.6 Å². The molecule has 2 heterocycles. The van der Waals surface area contributed by atoms with E-state index in [1.54, 1.807) is 0 Å². The third-order valence-corrected chi connectivity index (χ3v) is 12.0. The van der Waals surface area contributed by atoms with Crippen LogP contribution in [0.25, 0.3) is 33.4 Å². The van der Waals surface area contributed by atoms with Gasteiger partial charge in [-0.1, -0.05) is 128 Å². The average molecular weight is 651 g/mol. The van der Waals surface area contributed by atoms with Crippen LogP contribution in [0.1, 0.15) is 114 Å². The minimum Gasteiger partial charge on any atom is -0.259 e. The summed E-state index contributed by atoms with van der Waals surface area (Å²) in [6.45, 7) is 14.9.